The Bertz CT molecular complexity index is 510. The Morgan fingerprint density at radius 2 is 2.33 bits per heavy atom. The van der Waals surface area contributed by atoms with E-state index in [1.54, 1.807) is 11.3 Å². The number of thiophene rings is 1. The van der Waals surface area contributed by atoms with Gasteiger partial charge in [0.05, 0.1) is 11.7 Å². The van der Waals surface area contributed by atoms with E-state index in [0.717, 1.165) is 37.0 Å². The zero-order chi connectivity index (χ0) is 15.2. The van der Waals surface area contributed by atoms with Crippen LogP contribution in [0.25, 0.3) is 0 Å². The van der Waals surface area contributed by atoms with E-state index in [-0.39, 0.29) is 12.0 Å². The molecule has 2 heterocycles. The second-order valence-electron chi connectivity index (χ2n) is 4.96. The Morgan fingerprint density at radius 1 is 1.52 bits per heavy atom. The highest BCUT2D eigenvalue weighted by atomic mass is 32.1. The van der Waals surface area contributed by atoms with Crippen LogP contribution in [0.2, 0.25) is 0 Å². The van der Waals surface area contributed by atoms with Crippen molar-refractivity contribution in [2.24, 2.45) is 0 Å². The summed E-state index contributed by atoms with van der Waals surface area (Å²) in [7, 11) is 0. The fourth-order valence-electron chi connectivity index (χ4n) is 2.35. The standard InChI is InChI=1S/C14H21N3O2S2/c1-3-11-9(2)21-8-12(11)13(18)16-17-14(20)15-7-10-5-4-6-19-10/h8,10H,3-7H2,1-2H3,(H,16,18)(H2,15,17,20)/t10-/m0/s1. The van der Waals surface area contributed by atoms with E-state index >= 15 is 0 Å². The fourth-order valence-corrected chi connectivity index (χ4v) is 3.42. The van der Waals surface area contributed by atoms with Crippen LogP contribution in [0.5, 0.6) is 0 Å². The number of hydrogen-bond donors (Lipinski definition) is 3. The van der Waals surface area contributed by atoms with Crippen molar-refractivity contribution in [3.05, 3.63) is 21.4 Å². The lowest BCUT2D eigenvalue weighted by Crippen LogP contribution is -2.48. The third kappa shape index (κ3) is 4.39. The lowest BCUT2D eigenvalue weighted by molar-refractivity contribution is 0.0942. The second kappa shape index (κ2) is 7.72. The highest BCUT2D eigenvalue weighted by Crippen LogP contribution is 2.21. The van der Waals surface area contributed by atoms with Crippen LogP contribution < -0.4 is 16.2 Å². The fraction of sp³-hybridized carbons (Fsp3) is 0.571. The lowest BCUT2D eigenvalue weighted by atomic mass is 10.1. The largest absolute Gasteiger partial charge is 0.376 e. The number of nitrogens with one attached hydrogen (secondary N) is 3. The number of rotatable bonds is 4. The number of hydrogen-bond acceptors (Lipinski definition) is 4. The highest BCUT2D eigenvalue weighted by molar-refractivity contribution is 7.80. The van der Waals surface area contributed by atoms with Crippen LogP contribution in [0.1, 0.15) is 40.6 Å². The molecule has 1 aliphatic heterocycles. The third-order valence-electron chi connectivity index (χ3n) is 3.51. The molecule has 5 nitrogen and oxygen atoms in total. The van der Waals surface area contributed by atoms with E-state index in [1.165, 1.54) is 4.88 Å². The molecule has 0 radical (unpaired) electrons. The van der Waals surface area contributed by atoms with Crippen LogP contribution in [0, 0.1) is 6.92 Å². The summed E-state index contributed by atoms with van der Waals surface area (Å²) in [5.74, 6) is -0.155. The third-order valence-corrected chi connectivity index (χ3v) is 4.71. The SMILES string of the molecule is CCc1c(C(=O)NNC(=S)NC[C@@H]2CCCO2)csc1C. The molecule has 1 atom stereocenters. The highest BCUT2D eigenvalue weighted by Gasteiger charge is 2.16. The van der Waals surface area contributed by atoms with E-state index in [1.807, 2.05) is 19.2 Å². The van der Waals surface area contributed by atoms with E-state index < -0.39 is 0 Å². The van der Waals surface area contributed by atoms with Gasteiger partial charge in [-0.25, -0.2) is 0 Å². The van der Waals surface area contributed by atoms with Crippen molar-refractivity contribution in [1.29, 1.82) is 0 Å². The summed E-state index contributed by atoms with van der Waals surface area (Å²) in [5.41, 5.74) is 7.18. The van der Waals surface area contributed by atoms with Gasteiger partial charge in [-0.05, 0) is 44.0 Å². The molecule has 2 rings (SSSR count). The van der Waals surface area contributed by atoms with E-state index in [0.29, 0.717) is 11.7 Å². The maximum atomic E-state index is 12.1. The van der Waals surface area contributed by atoms with Crippen LogP contribution in [0.4, 0.5) is 0 Å². The van der Waals surface area contributed by atoms with Gasteiger partial charge in [-0.15, -0.1) is 11.3 Å². The maximum absolute atomic E-state index is 12.1. The Morgan fingerprint density at radius 3 is 3.00 bits per heavy atom. The topological polar surface area (TPSA) is 62.4 Å². The molecule has 7 heteroatoms. The second-order valence-corrected chi connectivity index (χ2v) is 6.45. The van der Waals surface area contributed by atoms with Crippen LogP contribution >= 0.6 is 23.6 Å². The minimum atomic E-state index is -0.155. The Kier molecular flexibility index (Phi) is 5.96. The average Bonchev–Trinajstić information content (AvgIpc) is 3.11. The molecule has 1 saturated heterocycles. The first-order chi connectivity index (χ1) is 10.1. The Labute approximate surface area is 134 Å². The van der Waals surface area contributed by atoms with Crippen molar-refractivity contribution in [3.8, 4) is 0 Å². The molecule has 0 spiro atoms. The molecule has 0 aliphatic carbocycles. The van der Waals surface area contributed by atoms with Gasteiger partial charge in [0.1, 0.15) is 0 Å². The van der Waals surface area contributed by atoms with Gasteiger partial charge in [-0.2, -0.15) is 0 Å². The number of amides is 1. The Hall–Kier alpha value is -1.18. The summed E-state index contributed by atoms with van der Waals surface area (Å²) in [6.07, 6.45) is 3.21. The van der Waals surface area contributed by atoms with Gasteiger partial charge in [0.2, 0.25) is 0 Å². The lowest BCUT2D eigenvalue weighted by Gasteiger charge is -2.14. The molecule has 1 aliphatic rings. The smallest absolute Gasteiger partial charge is 0.270 e. The molecule has 0 aromatic carbocycles. The van der Waals surface area contributed by atoms with Crippen molar-refractivity contribution in [2.45, 2.75) is 39.2 Å². The van der Waals surface area contributed by atoms with E-state index in [9.17, 15) is 4.79 Å². The average molecular weight is 327 g/mol. The zero-order valence-corrected chi connectivity index (χ0v) is 14.0. The molecule has 21 heavy (non-hydrogen) atoms. The van der Waals surface area contributed by atoms with E-state index in [2.05, 4.69) is 16.2 Å². The van der Waals surface area contributed by atoms with Crippen LogP contribution in [0.15, 0.2) is 5.38 Å². The summed E-state index contributed by atoms with van der Waals surface area (Å²) >= 11 is 6.73. The number of ether oxygens (including phenoxy) is 1. The minimum Gasteiger partial charge on any atom is -0.376 e. The number of thiocarbonyl (C=S) groups is 1. The van der Waals surface area contributed by atoms with Gasteiger partial charge in [0, 0.05) is 23.4 Å². The van der Waals surface area contributed by atoms with Crippen molar-refractivity contribution in [2.75, 3.05) is 13.2 Å². The van der Waals surface area contributed by atoms with Crippen molar-refractivity contribution in [3.63, 3.8) is 0 Å². The molecule has 0 unspecified atom stereocenters. The minimum absolute atomic E-state index is 0.155. The van der Waals surface area contributed by atoms with Gasteiger partial charge in [-0.1, -0.05) is 6.92 Å². The van der Waals surface area contributed by atoms with Gasteiger partial charge < -0.3 is 10.1 Å². The monoisotopic (exact) mass is 327 g/mol. The molecule has 1 aromatic heterocycles. The number of carbonyl (C=O) groups is 1. The van der Waals surface area contributed by atoms with Gasteiger partial charge >= 0.3 is 0 Å². The number of hydrazine groups is 1. The maximum Gasteiger partial charge on any atom is 0.270 e. The van der Waals surface area contributed by atoms with Crippen LogP contribution in [-0.4, -0.2) is 30.3 Å². The molecule has 3 N–H and O–H groups in total. The summed E-state index contributed by atoms with van der Waals surface area (Å²) in [4.78, 5) is 13.3. The molecule has 1 fully saturated rings. The first kappa shape index (κ1) is 16.2. The first-order valence-electron chi connectivity index (χ1n) is 7.14. The van der Waals surface area contributed by atoms with Crippen molar-refractivity contribution < 1.29 is 9.53 Å². The van der Waals surface area contributed by atoms with Crippen molar-refractivity contribution in [1.82, 2.24) is 16.2 Å². The first-order valence-corrected chi connectivity index (χ1v) is 8.43. The molecule has 0 saturated carbocycles. The quantitative estimate of drug-likeness (QED) is 0.582. The van der Waals surface area contributed by atoms with Gasteiger partial charge in [0.25, 0.3) is 5.91 Å². The predicted octanol–water partition coefficient (Wildman–Crippen LogP) is 1.91. The van der Waals surface area contributed by atoms with Gasteiger partial charge in [-0.3, -0.25) is 15.6 Å². The zero-order valence-electron chi connectivity index (χ0n) is 12.3. The van der Waals surface area contributed by atoms with Gasteiger partial charge in [0.15, 0.2) is 5.11 Å². The van der Waals surface area contributed by atoms with Crippen LogP contribution in [0.3, 0.4) is 0 Å². The normalized spacial score (nSPS) is 17.5. The summed E-state index contributed by atoms with van der Waals surface area (Å²) in [5, 5.41) is 5.34. The number of carbonyl (C=O) groups excluding carboxylic acids is 1. The molecule has 116 valence electrons. The molecular weight excluding hydrogens is 306 g/mol. The van der Waals surface area contributed by atoms with E-state index in [4.69, 9.17) is 17.0 Å². The molecule has 0 bridgehead atoms. The summed E-state index contributed by atoms with van der Waals surface area (Å²) in [6, 6.07) is 0. The molecular formula is C14H21N3O2S2. The molecule has 1 aromatic rings. The summed E-state index contributed by atoms with van der Waals surface area (Å²) in [6.45, 7) is 5.56. The number of aryl methyl sites for hydroxylation is 1. The summed E-state index contributed by atoms with van der Waals surface area (Å²) < 4.78 is 5.50. The Balaban J connectivity index is 1.76. The van der Waals surface area contributed by atoms with Crippen LogP contribution in [-0.2, 0) is 11.2 Å². The predicted molar refractivity (Wildman–Crippen MR) is 88.6 cm³/mol. The van der Waals surface area contributed by atoms with Crippen molar-refractivity contribution >= 4 is 34.6 Å². The molecule has 1 amide bonds.